The molecule has 0 atom stereocenters. The number of hydrogen-bond donors (Lipinski definition) is 0. The molecule has 0 saturated carbocycles. The van der Waals surface area contributed by atoms with Crippen LogP contribution in [0.1, 0.15) is 30.6 Å². The fourth-order valence-corrected chi connectivity index (χ4v) is 1.09. The lowest BCUT2D eigenvalue weighted by Crippen LogP contribution is -1.88. The van der Waals surface area contributed by atoms with Crippen LogP contribution in [-0.4, -0.2) is 9.36 Å². The van der Waals surface area contributed by atoms with Crippen LogP contribution < -0.4 is 0 Å². The van der Waals surface area contributed by atoms with Gasteiger partial charge in [-0.1, -0.05) is 13.8 Å². The van der Waals surface area contributed by atoms with Crippen molar-refractivity contribution in [3.63, 3.8) is 0 Å². The Morgan fingerprint density at radius 3 is 2.44 bits per heavy atom. The van der Waals surface area contributed by atoms with Gasteiger partial charge in [-0.25, -0.2) is 4.98 Å². The van der Waals surface area contributed by atoms with Gasteiger partial charge in [-0.2, -0.15) is 4.37 Å². The molecular weight excluding hydrogens is 132 g/mol. The molecule has 1 rings (SSSR count). The summed E-state index contributed by atoms with van der Waals surface area (Å²) < 4.78 is 4.08. The molecular formula is C6H9N2S. The Labute approximate surface area is 59.1 Å². The minimum absolute atomic E-state index is 0.428. The summed E-state index contributed by atoms with van der Waals surface area (Å²) in [5, 5.41) is 0.804. The molecule has 0 amide bonds. The zero-order chi connectivity index (χ0) is 6.85. The molecule has 1 radical (unpaired) electrons. The molecule has 1 heterocycles. The lowest BCUT2D eigenvalue weighted by molar-refractivity contribution is 0.797. The fraction of sp³-hybridized carbons (Fsp3) is 0.500. The van der Waals surface area contributed by atoms with E-state index in [1.54, 1.807) is 0 Å². The third-order valence-corrected chi connectivity index (χ3v) is 1.58. The van der Waals surface area contributed by atoms with Crippen LogP contribution in [0.4, 0.5) is 0 Å². The molecule has 9 heavy (non-hydrogen) atoms. The summed E-state index contributed by atoms with van der Waals surface area (Å²) in [6, 6.07) is 0. The van der Waals surface area contributed by atoms with Crippen molar-refractivity contribution >= 4 is 11.5 Å². The first kappa shape index (κ1) is 6.68. The minimum Gasteiger partial charge on any atom is -0.224 e. The maximum absolute atomic E-state index is 4.11. The summed E-state index contributed by atoms with van der Waals surface area (Å²) in [7, 11) is 0. The molecule has 1 aromatic heterocycles. The lowest BCUT2D eigenvalue weighted by atomic mass is 10.2. The van der Waals surface area contributed by atoms with Gasteiger partial charge in [-0.15, -0.1) is 0 Å². The van der Waals surface area contributed by atoms with E-state index in [0.717, 1.165) is 10.8 Å². The molecule has 0 unspecified atom stereocenters. The van der Waals surface area contributed by atoms with Gasteiger partial charge < -0.3 is 0 Å². The normalized spacial score (nSPS) is 10.7. The maximum Gasteiger partial charge on any atom is 0.145 e. The first-order chi connectivity index (χ1) is 4.20. The van der Waals surface area contributed by atoms with Crippen molar-refractivity contribution < 1.29 is 0 Å². The van der Waals surface area contributed by atoms with Gasteiger partial charge >= 0.3 is 0 Å². The van der Waals surface area contributed by atoms with Gasteiger partial charge in [0, 0.05) is 12.8 Å². The van der Waals surface area contributed by atoms with Gasteiger partial charge in [-0.3, -0.25) is 0 Å². The van der Waals surface area contributed by atoms with Crippen molar-refractivity contribution in [2.75, 3.05) is 0 Å². The highest BCUT2D eigenvalue weighted by Gasteiger charge is 2.03. The summed E-state index contributed by atoms with van der Waals surface area (Å²) in [6.45, 7) is 7.81. The predicted molar refractivity (Wildman–Crippen MR) is 38.5 cm³/mol. The quantitative estimate of drug-likeness (QED) is 0.596. The number of rotatable bonds is 1. The highest BCUT2D eigenvalue weighted by Crippen LogP contribution is 2.11. The Morgan fingerprint density at radius 1 is 1.56 bits per heavy atom. The van der Waals surface area contributed by atoms with E-state index in [-0.39, 0.29) is 0 Å². The Bertz CT molecular complexity index is 193. The Balaban J connectivity index is 2.85. The summed E-state index contributed by atoms with van der Waals surface area (Å²) >= 11 is 1.36. The molecule has 3 heteroatoms. The average Bonchev–Trinajstić information content (AvgIpc) is 2.14. The van der Waals surface area contributed by atoms with E-state index < -0.39 is 0 Å². The largest absolute Gasteiger partial charge is 0.224 e. The van der Waals surface area contributed by atoms with E-state index in [9.17, 15) is 0 Å². The highest BCUT2D eigenvalue weighted by atomic mass is 32.1. The number of hydrogen-bond acceptors (Lipinski definition) is 3. The molecule has 0 aliphatic rings. The SMILES string of the molecule is [CH2]c1nc(C(C)C)ns1. The van der Waals surface area contributed by atoms with Crippen molar-refractivity contribution in [3.05, 3.63) is 17.8 Å². The minimum atomic E-state index is 0.428. The third kappa shape index (κ3) is 1.48. The summed E-state index contributed by atoms with van der Waals surface area (Å²) in [5.41, 5.74) is 0. The molecule has 0 spiro atoms. The van der Waals surface area contributed by atoms with E-state index >= 15 is 0 Å². The van der Waals surface area contributed by atoms with E-state index in [2.05, 4.69) is 30.1 Å². The molecule has 1 aromatic rings. The van der Waals surface area contributed by atoms with Gasteiger partial charge in [0.05, 0.1) is 0 Å². The smallest absolute Gasteiger partial charge is 0.145 e. The topological polar surface area (TPSA) is 25.8 Å². The highest BCUT2D eigenvalue weighted by molar-refractivity contribution is 7.05. The zero-order valence-electron chi connectivity index (χ0n) is 5.59. The maximum atomic E-state index is 4.11. The van der Waals surface area contributed by atoms with Gasteiger partial charge in [-0.05, 0) is 11.5 Å². The van der Waals surface area contributed by atoms with E-state index in [1.165, 1.54) is 11.5 Å². The number of nitrogens with zero attached hydrogens (tertiary/aromatic N) is 2. The molecule has 0 bridgehead atoms. The second kappa shape index (κ2) is 2.43. The second-order valence-corrected chi connectivity index (χ2v) is 3.04. The second-order valence-electron chi connectivity index (χ2n) is 2.20. The van der Waals surface area contributed by atoms with Gasteiger partial charge in [0.25, 0.3) is 0 Å². The van der Waals surface area contributed by atoms with Crippen molar-refractivity contribution in [1.82, 2.24) is 9.36 Å². The standard InChI is InChI=1S/C6H9N2S/c1-4(2)6-7-5(3)9-8-6/h4H,3H2,1-2H3. The Kier molecular flexibility index (Phi) is 1.81. The Morgan fingerprint density at radius 2 is 2.22 bits per heavy atom. The van der Waals surface area contributed by atoms with Crippen LogP contribution in [0.5, 0.6) is 0 Å². The molecule has 0 aromatic carbocycles. The summed E-state index contributed by atoms with van der Waals surface area (Å²) in [4.78, 5) is 4.11. The number of aromatic nitrogens is 2. The van der Waals surface area contributed by atoms with Crippen LogP contribution in [-0.2, 0) is 0 Å². The first-order valence-electron chi connectivity index (χ1n) is 2.85. The van der Waals surface area contributed by atoms with Crippen LogP contribution >= 0.6 is 11.5 Å². The first-order valence-corrected chi connectivity index (χ1v) is 3.63. The van der Waals surface area contributed by atoms with Gasteiger partial charge in [0.15, 0.2) is 0 Å². The summed E-state index contributed by atoms with van der Waals surface area (Å²) in [6.07, 6.45) is 0. The van der Waals surface area contributed by atoms with Crippen molar-refractivity contribution in [3.8, 4) is 0 Å². The molecule has 0 aliphatic heterocycles. The molecule has 0 N–H and O–H groups in total. The molecule has 2 nitrogen and oxygen atoms in total. The van der Waals surface area contributed by atoms with Crippen LogP contribution in [0.3, 0.4) is 0 Å². The van der Waals surface area contributed by atoms with E-state index in [4.69, 9.17) is 0 Å². The predicted octanol–water partition coefficient (Wildman–Crippen LogP) is 1.84. The van der Waals surface area contributed by atoms with Crippen LogP contribution in [0, 0.1) is 6.92 Å². The molecule has 0 fully saturated rings. The molecule has 0 saturated heterocycles. The zero-order valence-corrected chi connectivity index (χ0v) is 6.40. The fourth-order valence-electron chi connectivity index (χ4n) is 0.503. The summed E-state index contributed by atoms with van der Waals surface area (Å²) in [5.74, 6) is 1.33. The lowest BCUT2D eigenvalue weighted by Gasteiger charge is -1.92. The van der Waals surface area contributed by atoms with E-state index in [1.807, 2.05) is 0 Å². The van der Waals surface area contributed by atoms with Crippen LogP contribution in [0.2, 0.25) is 0 Å². The Hall–Kier alpha value is -0.440. The van der Waals surface area contributed by atoms with Crippen molar-refractivity contribution in [2.24, 2.45) is 0 Å². The third-order valence-electron chi connectivity index (χ3n) is 1.00. The van der Waals surface area contributed by atoms with Crippen molar-refractivity contribution in [2.45, 2.75) is 19.8 Å². The van der Waals surface area contributed by atoms with E-state index in [0.29, 0.717) is 5.92 Å². The monoisotopic (exact) mass is 141 g/mol. The van der Waals surface area contributed by atoms with Crippen LogP contribution in [0.15, 0.2) is 0 Å². The van der Waals surface area contributed by atoms with Crippen LogP contribution in [0.25, 0.3) is 0 Å². The van der Waals surface area contributed by atoms with Gasteiger partial charge in [0.2, 0.25) is 0 Å². The van der Waals surface area contributed by atoms with Gasteiger partial charge in [0.1, 0.15) is 10.8 Å². The molecule has 0 aliphatic carbocycles. The molecule has 49 valence electrons. The average molecular weight is 141 g/mol. The van der Waals surface area contributed by atoms with Crippen molar-refractivity contribution in [1.29, 1.82) is 0 Å².